The quantitative estimate of drug-likeness (QED) is 0.118. The van der Waals surface area contributed by atoms with Crippen molar-refractivity contribution in [2.24, 2.45) is 0 Å². The highest BCUT2D eigenvalue weighted by Crippen LogP contribution is 2.27. The minimum atomic E-state index is -6.09. The highest BCUT2D eigenvalue weighted by atomic mass is 127. The average Bonchev–Trinajstić information content (AvgIpc) is 2.56. The molecule has 1 aromatic rings. The van der Waals surface area contributed by atoms with E-state index in [0.29, 0.717) is 6.42 Å². The van der Waals surface area contributed by atoms with Gasteiger partial charge < -0.3 is 8.74 Å². The second kappa shape index (κ2) is 11.4. The van der Waals surface area contributed by atoms with Gasteiger partial charge in [-0.15, -0.1) is 0 Å². The molecule has 0 atom stereocenters. The van der Waals surface area contributed by atoms with Crippen molar-refractivity contribution < 1.29 is 73.1 Å². The SMILES string of the molecule is CCCC/C(=C\[I+]c1ccccc1)OS(=O)(=O)C(F)(F)F.O=S(=O)([O-])C(F)(F)F. The lowest BCUT2D eigenvalue weighted by molar-refractivity contribution is -0.558. The highest BCUT2D eigenvalue weighted by Gasteiger charge is 2.49. The number of unbranched alkanes of at least 4 members (excludes halogenated alkanes) is 1. The van der Waals surface area contributed by atoms with Gasteiger partial charge in [-0.3, -0.25) is 0 Å². The molecular formula is C14H15F6IO6S2. The first-order valence-electron chi connectivity index (χ1n) is 7.41. The minimum absolute atomic E-state index is 0.120. The van der Waals surface area contributed by atoms with E-state index in [1.807, 2.05) is 37.3 Å². The van der Waals surface area contributed by atoms with Crippen LogP contribution in [0.15, 0.2) is 40.2 Å². The normalized spacial score (nSPS) is 13.4. The van der Waals surface area contributed by atoms with Crippen molar-refractivity contribution in [3.8, 4) is 0 Å². The Bertz CT molecular complexity index is 864. The summed E-state index contributed by atoms with van der Waals surface area (Å²) in [5, 5.41) is 0. The van der Waals surface area contributed by atoms with Gasteiger partial charge in [-0.25, -0.2) is 8.42 Å². The van der Waals surface area contributed by atoms with Crippen molar-refractivity contribution in [2.45, 2.75) is 37.2 Å². The molecule has 0 heterocycles. The standard InChI is InChI=1S/C13H15F3IO3S.CHF3O3S/c1-2-3-9-12(20-21(18,19)13(14,15)16)10-17-11-7-5-4-6-8-11;2-1(3,4)8(5,6)7/h4-8,10H,2-3,9H2,1H3;(H,5,6,7)/q+1;/p-1/b12-10+;. The van der Waals surface area contributed by atoms with E-state index >= 15 is 0 Å². The highest BCUT2D eigenvalue weighted by molar-refractivity contribution is 7.87. The van der Waals surface area contributed by atoms with Crippen LogP contribution < -0.4 is 21.2 Å². The van der Waals surface area contributed by atoms with Crippen molar-refractivity contribution in [1.29, 1.82) is 0 Å². The summed E-state index contributed by atoms with van der Waals surface area (Å²) >= 11 is -0.742. The zero-order chi connectivity index (χ0) is 22.9. The van der Waals surface area contributed by atoms with E-state index in [0.717, 1.165) is 9.99 Å². The molecule has 0 unspecified atom stereocenters. The lowest BCUT2D eigenvalue weighted by atomic mass is 10.2. The molecule has 1 rings (SSSR count). The van der Waals surface area contributed by atoms with Crippen molar-refractivity contribution in [1.82, 2.24) is 0 Å². The molecule has 15 heteroatoms. The molecule has 0 aliphatic rings. The molecule has 0 fully saturated rings. The third-order valence-corrected chi connectivity index (χ3v) is 6.61. The van der Waals surface area contributed by atoms with Gasteiger partial charge >= 0.3 is 42.3 Å². The van der Waals surface area contributed by atoms with E-state index in [1.54, 1.807) is 0 Å². The van der Waals surface area contributed by atoms with Crippen molar-refractivity contribution >= 4 is 20.2 Å². The molecule has 1 aromatic carbocycles. The first-order valence-corrected chi connectivity index (χ1v) is 12.6. The molecule has 0 aliphatic heterocycles. The molecule has 0 saturated heterocycles. The number of allylic oxidation sites excluding steroid dienone is 1. The van der Waals surface area contributed by atoms with Gasteiger partial charge in [0.25, 0.3) is 0 Å². The summed E-state index contributed by atoms with van der Waals surface area (Å²) in [6.07, 6.45) is 1.48. The minimum Gasteiger partial charge on any atom is -0.741 e. The maximum Gasteiger partial charge on any atom is 0.534 e. The fraction of sp³-hybridized carbons (Fsp3) is 0.429. The van der Waals surface area contributed by atoms with Gasteiger partial charge in [-0.05, 0) is 18.6 Å². The fourth-order valence-electron chi connectivity index (χ4n) is 1.26. The van der Waals surface area contributed by atoms with Gasteiger partial charge in [0.15, 0.2) is 23.5 Å². The Balaban J connectivity index is 0.000000828. The summed E-state index contributed by atoms with van der Waals surface area (Å²) < 4.78 is 125. The zero-order valence-corrected chi connectivity index (χ0v) is 18.3. The third kappa shape index (κ3) is 11.0. The summed E-state index contributed by atoms with van der Waals surface area (Å²) in [5.74, 6) is -0.120. The first-order chi connectivity index (χ1) is 13.0. The maximum absolute atomic E-state index is 12.3. The van der Waals surface area contributed by atoms with Crippen LogP contribution >= 0.6 is 0 Å². The van der Waals surface area contributed by atoms with Gasteiger partial charge in [0.2, 0.25) is 0 Å². The van der Waals surface area contributed by atoms with Crippen LogP contribution in [0.25, 0.3) is 0 Å². The zero-order valence-electron chi connectivity index (χ0n) is 14.5. The average molecular weight is 584 g/mol. The van der Waals surface area contributed by atoms with Crippen LogP contribution in [0.4, 0.5) is 26.3 Å². The fourth-order valence-corrected chi connectivity index (χ4v) is 3.92. The molecule has 0 spiro atoms. The Labute approximate surface area is 174 Å². The smallest absolute Gasteiger partial charge is 0.534 e. The van der Waals surface area contributed by atoms with Gasteiger partial charge in [0, 0.05) is 6.42 Å². The van der Waals surface area contributed by atoms with Gasteiger partial charge in [0.05, 0.1) is 0 Å². The molecule has 6 nitrogen and oxygen atoms in total. The predicted octanol–water partition coefficient (Wildman–Crippen LogP) is 0.894. The molecular weight excluding hydrogens is 569 g/mol. The first kappa shape index (κ1) is 27.9. The van der Waals surface area contributed by atoms with Gasteiger partial charge in [-0.2, -0.15) is 34.8 Å². The Kier molecular flexibility index (Phi) is 10.9. The van der Waals surface area contributed by atoms with Crippen LogP contribution in [0.3, 0.4) is 0 Å². The van der Waals surface area contributed by atoms with Crippen LogP contribution in [0.5, 0.6) is 0 Å². The van der Waals surface area contributed by atoms with Crippen LogP contribution in [0, 0.1) is 3.57 Å². The van der Waals surface area contributed by atoms with Crippen molar-refractivity contribution in [2.75, 3.05) is 0 Å². The van der Waals surface area contributed by atoms with Crippen LogP contribution in [0.2, 0.25) is 0 Å². The lowest BCUT2D eigenvalue weighted by Crippen LogP contribution is -3.59. The van der Waals surface area contributed by atoms with E-state index in [-0.39, 0.29) is 12.2 Å². The summed E-state index contributed by atoms with van der Waals surface area (Å²) in [6.45, 7) is 1.86. The lowest BCUT2D eigenvalue weighted by Gasteiger charge is -2.10. The number of hydrogen-bond acceptors (Lipinski definition) is 6. The van der Waals surface area contributed by atoms with Gasteiger partial charge in [-0.1, -0.05) is 31.5 Å². The molecule has 0 aromatic heterocycles. The van der Waals surface area contributed by atoms with E-state index in [9.17, 15) is 34.8 Å². The third-order valence-electron chi connectivity index (χ3n) is 2.60. The summed E-state index contributed by atoms with van der Waals surface area (Å²) in [7, 11) is -11.7. The second-order valence-corrected chi connectivity index (χ2v) is 10.4. The van der Waals surface area contributed by atoms with Crippen LogP contribution in [0.1, 0.15) is 26.2 Å². The number of hydrogen-bond donors (Lipinski definition) is 0. The Morgan fingerprint density at radius 3 is 1.90 bits per heavy atom. The van der Waals surface area contributed by atoms with Crippen molar-refractivity contribution in [3.05, 3.63) is 43.7 Å². The Morgan fingerprint density at radius 1 is 1.03 bits per heavy atom. The molecule has 29 heavy (non-hydrogen) atoms. The van der Waals surface area contributed by atoms with Crippen LogP contribution in [-0.2, 0) is 24.4 Å². The number of rotatable bonds is 7. The molecule has 0 bridgehead atoms. The molecule has 168 valence electrons. The van der Waals surface area contributed by atoms with E-state index in [2.05, 4.69) is 4.18 Å². The largest absolute Gasteiger partial charge is 0.741 e. The van der Waals surface area contributed by atoms with E-state index in [1.165, 1.54) is 4.08 Å². The summed E-state index contributed by atoms with van der Waals surface area (Å²) in [4.78, 5) is 0. The van der Waals surface area contributed by atoms with Crippen molar-refractivity contribution in [3.63, 3.8) is 0 Å². The second-order valence-electron chi connectivity index (χ2n) is 4.97. The molecule has 0 N–H and O–H groups in total. The topological polar surface area (TPSA) is 101 Å². The maximum atomic E-state index is 12.3. The number of alkyl halides is 6. The summed E-state index contributed by atoms with van der Waals surface area (Å²) in [5.41, 5.74) is -11.0. The van der Waals surface area contributed by atoms with Crippen LogP contribution in [-0.4, -0.2) is 32.4 Å². The molecule has 0 saturated carbocycles. The van der Waals surface area contributed by atoms with E-state index in [4.69, 9.17) is 13.0 Å². The summed E-state index contributed by atoms with van der Waals surface area (Å²) in [6, 6.07) is 9.17. The van der Waals surface area contributed by atoms with E-state index < -0.39 is 52.5 Å². The Hall–Kier alpha value is -1.07. The molecule has 0 radical (unpaired) electrons. The monoisotopic (exact) mass is 584 g/mol. The predicted molar refractivity (Wildman–Crippen MR) is 84.6 cm³/mol. The van der Waals surface area contributed by atoms with Gasteiger partial charge in [0.1, 0.15) is 0 Å². The number of halogens is 7. The molecule has 0 amide bonds. The Morgan fingerprint density at radius 2 is 1.52 bits per heavy atom. The molecule has 0 aliphatic carbocycles. The number of benzene rings is 1.